The molecule has 1 atom stereocenters. The van der Waals surface area contributed by atoms with E-state index in [0.29, 0.717) is 24.5 Å². The van der Waals surface area contributed by atoms with Gasteiger partial charge in [-0.05, 0) is 13.8 Å². The Morgan fingerprint density at radius 2 is 2.00 bits per heavy atom. The van der Waals surface area contributed by atoms with Gasteiger partial charge in [0.15, 0.2) is 0 Å². The molecule has 1 N–H and O–H groups in total. The lowest BCUT2D eigenvalue weighted by molar-refractivity contribution is -0.147. The first-order valence-corrected chi connectivity index (χ1v) is 7.53. The normalized spacial score (nSPS) is 18.0. The van der Waals surface area contributed by atoms with Crippen molar-refractivity contribution < 1.29 is 18.9 Å². The van der Waals surface area contributed by atoms with Gasteiger partial charge in [-0.3, -0.25) is 14.4 Å². The lowest BCUT2D eigenvalue weighted by Crippen LogP contribution is -2.61. The number of likely N-dealkylation sites (N-methyl/N-ethyl adjacent to an activating group) is 1. The summed E-state index contributed by atoms with van der Waals surface area (Å²) in [6.45, 7) is 5.97. The highest BCUT2D eigenvalue weighted by atomic mass is 16.5. The molecule has 1 saturated heterocycles. The molecule has 1 aliphatic heterocycles. The zero-order chi connectivity index (χ0) is 17.1. The van der Waals surface area contributed by atoms with Crippen molar-refractivity contribution in [2.24, 2.45) is 0 Å². The number of hydrogen-bond acceptors (Lipinski definition) is 5. The Labute approximate surface area is 134 Å². The molecule has 0 radical (unpaired) electrons. The maximum absolute atomic E-state index is 12.7. The van der Waals surface area contributed by atoms with Crippen molar-refractivity contribution in [2.45, 2.75) is 33.2 Å². The zero-order valence-corrected chi connectivity index (χ0v) is 13.9. The Kier molecular flexibility index (Phi) is 5.02. The van der Waals surface area contributed by atoms with E-state index < -0.39 is 6.04 Å². The summed E-state index contributed by atoms with van der Waals surface area (Å²) in [5, 5.41) is 6.40. The van der Waals surface area contributed by atoms with Crippen LogP contribution in [0.2, 0.25) is 0 Å². The van der Waals surface area contributed by atoms with Gasteiger partial charge in [-0.15, -0.1) is 0 Å². The molecule has 2 rings (SSSR count). The van der Waals surface area contributed by atoms with Crippen LogP contribution in [0.15, 0.2) is 4.52 Å². The standard InChI is InChI=1S/C15H22N4O4/c1-9-12(10(2)23-17-9)7-14(21)19-6-5-18(11(3)20)8-13(19)15(22)16-4/h13H,5-8H2,1-4H3,(H,16,22). The van der Waals surface area contributed by atoms with E-state index in [4.69, 9.17) is 4.52 Å². The van der Waals surface area contributed by atoms with E-state index in [-0.39, 0.29) is 30.7 Å². The van der Waals surface area contributed by atoms with E-state index in [9.17, 15) is 14.4 Å². The van der Waals surface area contributed by atoms with Crippen LogP contribution in [0.4, 0.5) is 0 Å². The first-order valence-electron chi connectivity index (χ1n) is 7.53. The highest BCUT2D eigenvalue weighted by Crippen LogP contribution is 2.17. The summed E-state index contributed by atoms with van der Waals surface area (Å²) in [5.74, 6) is 0.0608. The van der Waals surface area contributed by atoms with Crippen molar-refractivity contribution in [1.29, 1.82) is 0 Å². The molecule has 1 aromatic heterocycles. The summed E-state index contributed by atoms with van der Waals surface area (Å²) < 4.78 is 5.07. The summed E-state index contributed by atoms with van der Waals surface area (Å²) in [6.07, 6.45) is 0.134. The van der Waals surface area contributed by atoms with Crippen LogP contribution in [0.1, 0.15) is 23.9 Å². The molecule has 1 aromatic rings. The lowest BCUT2D eigenvalue weighted by atomic mass is 10.1. The average molecular weight is 322 g/mol. The molecule has 8 heteroatoms. The number of nitrogens with one attached hydrogen (secondary N) is 1. The van der Waals surface area contributed by atoms with Crippen LogP contribution in [0.5, 0.6) is 0 Å². The lowest BCUT2D eigenvalue weighted by Gasteiger charge is -2.40. The summed E-state index contributed by atoms with van der Waals surface area (Å²) >= 11 is 0. The van der Waals surface area contributed by atoms with E-state index in [0.717, 1.165) is 5.56 Å². The Balaban J connectivity index is 2.17. The molecule has 1 fully saturated rings. The molecule has 0 spiro atoms. The fourth-order valence-corrected chi connectivity index (χ4v) is 2.77. The second-order valence-electron chi connectivity index (χ2n) is 5.66. The molecule has 2 heterocycles. The minimum absolute atomic E-state index is 0.100. The van der Waals surface area contributed by atoms with E-state index in [1.807, 2.05) is 0 Å². The van der Waals surface area contributed by atoms with E-state index >= 15 is 0 Å². The number of rotatable bonds is 3. The van der Waals surface area contributed by atoms with Gasteiger partial charge < -0.3 is 19.6 Å². The predicted octanol–water partition coefficient (Wildman–Crippen LogP) is -0.361. The Morgan fingerprint density at radius 1 is 1.30 bits per heavy atom. The van der Waals surface area contributed by atoms with Gasteiger partial charge in [-0.2, -0.15) is 0 Å². The molecule has 23 heavy (non-hydrogen) atoms. The summed E-state index contributed by atoms with van der Waals surface area (Å²) in [4.78, 5) is 39.4. The van der Waals surface area contributed by atoms with Gasteiger partial charge in [0.1, 0.15) is 11.8 Å². The topological polar surface area (TPSA) is 95.8 Å². The Hall–Kier alpha value is -2.38. The molecule has 0 aliphatic carbocycles. The molecule has 1 aliphatic rings. The number of amides is 3. The monoisotopic (exact) mass is 322 g/mol. The summed E-state index contributed by atoms with van der Waals surface area (Å²) in [7, 11) is 1.52. The number of nitrogens with zero attached hydrogens (tertiary/aromatic N) is 3. The summed E-state index contributed by atoms with van der Waals surface area (Å²) in [5.41, 5.74) is 1.43. The highest BCUT2D eigenvalue weighted by molar-refractivity contribution is 5.89. The molecule has 0 aromatic carbocycles. The largest absolute Gasteiger partial charge is 0.361 e. The second kappa shape index (κ2) is 6.80. The van der Waals surface area contributed by atoms with Crippen LogP contribution >= 0.6 is 0 Å². The van der Waals surface area contributed by atoms with Crippen LogP contribution in [-0.4, -0.2) is 65.4 Å². The van der Waals surface area contributed by atoms with Crippen LogP contribution in [0.3, 0.4) is 0 Å². The Morgan fingerprint density at radius 3 is 2.52 bits per heavy atom. The third-order valence-electron chi connectivity index (χ3n) is 4.20. The number of carbonyl (C=O) groups is 3. The second-order valence-corrected chi connectivity index (χ2v) is 5.66. The third kappa shape index (κ3) is 3.52. The van der Waals surface area contributed by atoms with Gasteiger partial charge in [-0.1, -0.05) is 5.16 Å². The van der Waals surface area contributed by atoms with Crippen molar-refractivity contribution in [2.75, 3.05) is 26.7 Å². The van der Waals surface area contributed by atoms with E-state index in [1.165, 1.54) is 18.9 Å². The van der Waals surface area contributed by atoms with Gasteiger partial charge in [0, 0.05) is 32.6 Å². The van der Waals surface area contributed by atoms with Gasteiger partial charge in [0.25, 0.3) is 0 Å². The number of aryl methyl sites for hydroxylation is 2. The molecule has 8 nitrogen and oxygen atoms in total. The van der Waals surface area contributed by atoms with Crippen molar-refractivity contribution in [3.05, 3.63) is 17.0 Å². The fraction of sp³-hybridized carbons (Fsp3) is 0.600. The quantitative estimate of drug-likeness (QED) is 0.820. The van der Waals surface area contributed by atoms with Crippen LogP contribution in [-0.2, 0) is 20.8 Å². The van der Waals surface area contributed by atoms with Crippen molar-refractivity contribution in [3.8, 4) is 0 Å². The van der Waals surface area contributed by atoms with Gasteiger partial charge >= 0.3 is 0 Å². The number of piperazine rings is 1. The maximum Gasteiger partial charge on any atom is 0.244 e. The minimum Gasteiger partial charge on any atom is -0.361 e. The molecule has 3 amide bonds. The highest BCUT2D eigenvalue weighted by Gasteiger charge is 2.36. The van der Waals surface area contributed by atoms with E-state index in [2.05, 4.69) is 10.5 Å². The average Bonchev–Trinajstić information content (AvgIpc) is 2.85. The summed E-state index contributed by atoms with van der Waals surface area (Å²) in [6, 6.07) is -0.675. The first-order chi connectivity index (χ1) is 10.8. The fourth-order valence-electron chi connectivity index (χ4n) is 2.77. The van der Waals surface area contributed by atoms with Crippen molar-refractivity contribution in [3.63, 3.8) is 0 Å². The number of hydrogen-bond donors (Lipinski definition) is 1. The van der Waals surface area contributed by atoms with Gasteiger partial charge in [0.2, 0.25) is 17.7 Å². The number of aromatic nitrogens is 1. The van der Waals surface area contributed by atoms with Crippen molar-refractivity contribution >= 4 is 17.7 Å². The van der Waals surface area contributed by atoms with Crippen LogP contribution in [0, 0.1) is 13.8 Å². The smallest absolute Gasteiger partial charge is 0.244 e. The Bertz CT molecular complexity index is 605. The SMILES string of the molecule is CNC(=O)C1CN(C(C)=O)CCN1C(=O)Cc1c(C)noc1C. The molecule has 0 saturated carbocycles. The van der Waals surface area contributed by atoms with Gasteiger partial charge in [-0.25, -0.2) is 0 Å². The number of carbonyl (C=O) groups excluding carboxylic acids is 3. The van der Waals surface area contributed by atoms with Crippen molar-refractivity contribution in [1.82, 2.24) is 20.3 Å². The van der Waals surface area contributed by atoms with Crippen LogP contribution in [0.25, 0.3) is 0 Å². The first kappa shape index (κ1) is 17.0. The zero-order valence-electron chi connectivity index (χ0n) is 13.9. The minimum atomic E-state index is -0.675. The molecular weight excluding hydrogens is 300 g/mol. The molecule has 1 unspecified atom stereocenters. The van der Waals surface area contributed by atoms with E-state index in [1.54, 1.807) is 18.7 Å². The van der Waals surface area contributed by atoms with Gasteiger partial charge in [0.05, 0.1) is 18.7 Å². The molecule has 0 bridgehead atoms. The maximum atomic E-state index is 12.7. The third-order valence-corrected chi connectivity index (χ3v) is 4.20. The molecule has 126 valence electrons. The predicted molar refractivity (Wildman–Crippen MR) is 81.5 cm³/mol. The molecular formula is C15H22N4O4. The van der Waals surface area contributed by atoms with Crippen LogP contribution < -0.4 is 5.32 Å².